The fourth-order valence-electron chi connectivity index (χ4n) is 4.23. The van der Waals surface area contributed by atoms with Gasteiger partial charge in [0.25, 0.3) is 0 Å². The molecule has 2 aliphatic rings. The second-order valence-corrected chi connectivity index (χ2v) is 7.37. The van der Waals surface area contributed by atoms with Gasteiger partial charge in [0.2, 0.25) is 11.8 Å². The summed E-state index contributed by atoms with van der Waals surface area (Å²) in [5.41, 5.74) is 8.85. The quantitative estimate of drug-likeness (QED) is 0.779. The average Bonchev–Trinajstić information content (AvgIpc) is 2.70. The second-order valence-electron chi connectivity index (χ2n) is 7.37. The fourth-order valence-corrected chi connectivity index (χ4v) is 4.23. The number of aromatic nitrogens is 1. The molecule has 1 aromatic heterocycles. The number of pyridine rings is 1. The maximum Gasteiger partial charge on any atom is 0.237 e. The maximum absolute atomic E-state index is 12.2. The van der Waals surface area contributed by atoms with E-state index in [1.54, 1.807) is 18.5 Å². The van der Waals surface area contributed by atoms with Crippen molar-refractivity contribution in [1.82, 2.24) is 15.8 Å². The predicted octanol–water partition coefficient (Wildman–Crippen LogP) is 2.74. The first-order valence-electron chi connectivity index (χ1n) is 9.55. The lowest BCUT2D eigenvalue weighted by Crippen LogP contribution is -2.55. The van der Waals surface area contributed by atoms with Crippen LogP contribution in [0.25, 0.3) is 0 Å². The van der Waals surface area contributed by atoms with Gasteiger partial charge < -0.3 is 5.32 Å². The number of rotatable bonds is 4. The third kappa shape index (κ3) is 4.01. The third-order valence-corrected chi connectivity index (χ3v) is 5.58. The zero-order valence-electron chi connectivity index (χ0n) is 15.2. The van der Waals surface area contributed by atoms with Crippen molar-refractivity contribution >= 4 is 17.5 Å². The summed E-state index contributed by atoms with van der Waals surface area (Å²) in [5, 5.41) is 2.85. The Bertz CT molecular complexity index is 807. The number of hydrazine groups is 1. The molecule has 0 bridgehead atoms. The van der Waals surface area contributed by atoms with Crippen LogP contribution in [-0.2, 0) is 16.0 Å². The Morgan fingerprint density at radius 3 is 2.74 bits per heavy atom. The summed E-state index contributed by atoms with van der Waals surface area (Å²) < 4.78 is 0. The number of hydrogen-bond donors (Lipinski definition) is 3. The molecule has 3 atom stereocenters. The molecule has 2 heterocycles. The lowest BCUT2D eigenvalue weighted by Gasteiger charge is -2.41. The molecule has 1 saturated heterocycles. The van der Waals surface area contributed by atoms with E-state index in [-0.39, 0.29) is 23.8 Å². The van der Waals surface area contributed by atoms with Crippen LogP contribution >= 0.6 is 0 Å². The maximum atomic E-state index is 12.2. The van der Waals surface area contributed by atoms with Gasteiger partial charge in [0.1, 0.15) is 0 Å². The van der Waals surface area contributed by atoms with Crippen molar-refractivity contribution < 1.29 is 9.59 Å². The number of nitrogens with one attached hydrogen (secondary N) is 3. The van der Waals surface area contributed by atoms with Gasteiger partial charge in [-0.2, -0.15) is 0 Å². The molecule has 2 fully saturated rings. The van der Waals surface area contributed by atoms with Crippen molar-refractivity contribution in [3.05, 3.63) is 59.9 Å². The zero-order chi connectivity index (χ0) is 18.6. The van der Waals surface area contributed by atoms with Gasteiger partial charge in [-0.15, -0.1) is 0 Å². The molecule has 4 rings (SSSR count). The number of carbonyl (C=O) groups excluding carboxylic acids is 2. The molecular weight excluding hydrogens is 340 g/mol. The molecule has 1 saturated carbocycles. The lowest BCUT2D eigenvalue weighted by molar-refractivity contribution is -0.133. The van der Waals surface area contributed by atoms with Crippen LogP contribution < -0.4 is 16.2 Å². The molecule has 140 valence electrons. The first kappa shape index (κ1) is 17.7. The van der Waals surface area contributed by atoms with Crippen molar-refractivity contribution in [3.63, 3.8) is 0 Å². The van der Waals surface area contributed by atoms with Gasteiger partial charge in [0, 0.05) is 12.1 Å². The minimum Gasteiger partial charge on any atom is -0.324 e. The van der Waals surface area contributed by atoms with Gasteiger partial charge in [-0.05, 0) is 42.0 Å². The largest absolute Gasteiger partial charge is 0.324 e. The SMILES string of the molecule is O=C(Cc1ccc(C2NNC(=O)C3CCCCC32)cc1)Nc1cccnc1. The van der Waals surface area contributed by atoms with Crippen LogP contribution in [0.5, 0.6) is 0 Å². The molecule has 6 nitrogen and oxygen atoms in total. The summed E-state index contributed by atoms with van der Waals surface area (Å²) in [4.78, 5) is 28.3. The molecule has 1 aliphatic carbocycles. The summed E-state index contributed by atoms with van der Waals surface area (Å²) in [5.74, 6) is 0.507. The number of hydrogen-bond acceptors (Lipinski definition) is 4. The highest BCUT2D eigenvalue weighted by atomic mass is 16.2. The van der Waals surface area contributed by atoms with Gasteiger partial charge in [0.15, 0.2) is 0 Å². The summed E-state index contributed by atoms with van der Waals surface area (Å²) >= 11 is 0. The summed E-state index contributed by atoms with van der Waals surface area (Å²) in [6, 6.07) is 11.9. The molecule has 27 heavy (non-hydrogen) atoms. The van der Waals surface area contributed by atoms with Crippen LogP contribution in [0.15, 0.2) is 48.8 Å². The van der Waals surface area contributed by atoms with E-state index in [2.05, 4.69) is 33.3 Å². The first-order chi connectivity index (χ1) is 13.2. The highest BCUT2D eigenvalue weighted by molar-refractivity contribution is 5.92. The Kier molecular flexibility index (Phi) is 5.16. The van der Waals surface area contributed by atoms with Crippen molar-refractivity contribution in [3.8, 4) is 0 Å². The minimum absolute atomic E-state index is 0.0638. The number of carbonyl (C=O) groups is 2. The Morgan fingerprint density at radius 1 is 1.15 bits per heavy atom. The Labute approximate surface area is 158 Å². The Balaban J connectivity index is 1.41. The van der Waals surface area contributed by atoms with Crippen LogP contribution in [0.3, 0.4) is 0 Å². The highest BCUT2D eigenvalue weighted by Gasteiger charge is 2.40. The smallest absolute Gasteiger partial charge is 0.237 e. The summed E-state index contributed by atoms with van der Waals surface area (Å²) in [7, 11) is 0. The normalized spacial score (nSPS) is 24.6. The van der Waals surface area contributed by atoms with Crippen LogP contribution in [0.2, 0.25) is 0 Å². The monoisotopic (exact) mass is 364 g/mol. The fraction of sp³-hybridized carbons (Fsp3) is 0.381. The molecule has 1 aromatic carbocycles. The van der Waals surface area contributed by atoms with E-state index < -0.39 is 0 Å². The van der Waals surface area contributed by atoms with E-state index in [1.807, 2.05) is 18.2 Å². The number of benzene rings is 1. The van der Waals surface area contributed by atoms with Gasteiger partial charge in [0.05, 0.1) is 24.3 Å². The van der Waals surface area contributed by atoms with Gasteiger partial charge in [-0.1, -0.05) is 37.1 Å². The van der Waals surface area contributed by atoms with E-state index in [1.165, 1.54) is 6.42 Å². The van der Waals surface area contributed by atoms with Gasteiger partial charge in [-0.25, -0.2) is 5.43 Å². The number of anilines is 1. The predicted molar refractivity (Wildman–Crippen MR) is 102 cm³/mol. The van der Waals surface area contributed by atoms with Crippen molar-refractivity contribution in [2.45, 2.75) is 38.1 Å². The molecule has 1 aliphatic heterocycles. The summed E-state index contributed by atoms with van der Waals surface area (Å²) in [6.45, 7) is 0. The third-order valence-electron chi connectivity index (χ3n) is 5.58. The minimum atomic E-state index is -0.0638. The molecular formula is C21H24N4O2. The molecule has 0 radical (unpaired) electrons. The number of amides is 2. The van der Waals surface area contributed by atoms with Gasteiger partial charge >= 0.3 is 0 Å². The van der Waals surface area contributed by atoms with Crippen molar-refractivity contribution in [2.24, 2.45) is 11.8 Å². The van der Waals surface area contributed by atoms with Crippen molar-refractivity contribution in [2.75, 3.05) is 5.32 Å². The number of nitrogens with zero attached hydrogens (tertiary/aromatic N) is 1. The van der Waals surface area contributed by atoms with Crippen molar-refractivity contribution in [1.29, 1.82) is 0 Å². The van der Waals surface area contributed by atoms with E-state index in [0.29, 0.717) is 18.0 Å². The molecule has 3 N–H and O–H groups in total. The molecule has 2 amide bonds. The summed E-state index contributed by atoms with van der Waals surface area (Å²) in [6.07, 6.45) is 7.98. The molecule has 6 heteroatoms. The Morgan fingerprint density at radius 2 is 1.96 bits per heavy atom. The second kappa shape index (κ2) is 7.88. The van der Waals surface area contributed by atoms with Gasteiger partial charge in [-0.3, -0.25) is 20.0 Å². The molecule has 3 unspecified atom stereocenters. The zero-order valence-corrected chi connectivity index (χ0v) is 15.2. The van der Waals surface area contributed by atoms with Crippen LogP contribution in [0, 0.1) is 11.8 Å². The average molecular weight is 364 g/mol. The highest BCUT2D eigenvalue weighted by Crippen LogP contribution is 2.40. The van der Waals surface area contributed by atoms with Crippen LogP contribution in [0.1, 0.15) is 42.9 Å². The van der Waals surface area contributed by atoms with E-state index in [0.717, 1.165) is 30.4 Å². The Hall–Kier alpha value is -2.73. The van der Waals surface area contributed by atoms with E-state index >= 15 is 0 Å². The topological polar surface area (TPSA) is 83.1 Å². The lowest BCUT2D eigenvalue weighted by atomic mass is 9.72. The van der Waals surface area contributed by atoms with E-state index in [9.17, 15) is 9.59 Å². The number of fused-ring (bicyclic) bond motifs is 1. The van der Waals surface area contributed by atoms with Crippen LogP contribution in [-0.4, -0.2) is 16.8 Å². The van der Waals surface area contributed by atoms with E-state index in [4.69, 9.17) is 0 Å². The standard InChI is InChI=1S/C21H24N4O2/c26-19(23-16-4-3-11-22-13-16)12-14-7-9-15(10-8-14)20-17-5-1-2-6-18(17)21(27)25-24-20/h3-4,7-11,13,17-18,20,24H,1-2,5-6,12H2,(H,23,26)(H,25,27). The first-order valence-corrected chi connectivity index (χ1v) is 9.55. The molecule has 2 aromatic rings. The van der Waals surface area contributed by atoms with Crippen LogP contribution in [0.4, 0.5) is 5.69 Å². The molecule has 0 spiro atoms.